The van der Waals surface area contributed by atoms with Gasteiger partial charge in [-0.05, 0) is 31.6 Å². The Balaban J connectivity index is 1.87. The van der Waals surface area contributed by atoms with E-state index in [1.54, 1.807) is 11.9 Å². The van der Waals surface area contributed by atoms with Crippen molar-refractivity contribution >= 4 is 12.0 Å². The van der Waals surface area contributed by atoms with Crippen molar-refractivity contribution in [3.8, 4) is 0 Å². The molecule has 2 fully saturated rings. The van der Waals surface area contributed by atoms with Crippen molar-refractivity contribution in [1.82, 2.24) is 10.2 Å². The van der Waals surface area contributed by atoms with Crippen LogP contribution in [0.2, 0.25) is 0 Å². The van der Waals surface area contributed by atoms with Gasteiger partial charge in [-0.1, -0.05) is 0 Å². The molecule has 0 heterocycles. The highest BCUT2D eigenvalue weighted by Gasteiger charge is 2.39. The zero-order valence-electron chi connectivity index (χ0n) is 8.77. The van der Waals surface area contributed by atoms with Crippen molar-refractivity contribution in [1.29, 1.82) is 0 Å². The Labute approximate surface area is 88.4 Å². The van der Waals surface area contributed by atoms with E-state index in [9.17, 15) is 9.59 Å². The number of rotatable bonds is 4. The largest absolute Gasteiger partial charge is 0.480 e. The molecule has 1 unspecified atom stereocenters. The molecule has 2 rings (SSSR count). The molecule has 0 aromatic carbocycles. The van der Waals surface area contributed by atoms with Crippen LogP contribution in [-0.4, -0.2) is 41.1 Å². The molecule has 2 N–H and O–H groups in total. The summed E-state index contributed by atoms with van der Waals surface area (Å²) < 4.78 is 0. The van der Waals surface area contributed by atoms with Gasteiger partial charge in [0.05, 0.1) is 0 Å². The highest BCUT2D eigenvalue weighted by molar-refractivity contribution is 5.83. The maximum Gasteiger partial charge on any atom is 0.326 e. The van der Waals surface area contributed by atoms with Gasteiger partial charge >= 0.3 is 12.0 Å². The Bertz CT molecular complexity index is 284. The summed E-state index contributed by atoms with van der Waals surface area (Å²) >= 11 is 0. The number of carboxylic acid groups (broad SMARTS) is 1. The van der Waals surface area contributed by atoms with Crippen LogP contribution in [0.4, 0.5) is 4.79 Å². The van der Waals surface area contributed by atoms with Crippen LogP contribution in [0.25, 0.3) is 0 Å². The van der Waals surface area contributed by atoms with Gasteiger partial charge in [-0.25, -0.2) is 9.59 Å². The van der Waals surface area contributed by atoms with Crippen LogP contribution in [0.5, 0.6) is 0 Å². The zero-order chi connectivity index (χ0) is 11.0. The van der Waals surface area contributed by atoms with Crippen LogP contribution in [0, 0.1) is 5.92 Å². The molecule has 84 valence electrons. The van der Waals surface area contributed by atoms with Gasteiger partial charge < -0.3 is 15.3 Å². The molecule has 0 radical (unpaired) electrons. The first-order valence-electron chi connectivity index (χ1n) is 5.35. The third kappa shape index (κ3) is 2.40. The van der Waals surface area contributed by atoms with Gasteiger partial charge in [0.1, 0.15) is 6.04 Å². The molecular formula is C10H16N2O3. The van der Waals surface area contributed by atoms with Gasteiger partial charge in [0.2, 0.25) is 0 Å². The maximum atomic E-state index is 11.6. The fourth-order valence-corrected chi connectivity index (χ4v) is 1.67. The van der Waals surface area contributed by atoms with Crippen molar-refractivity contribution in [2.24, 2.45) is 5.92 Å². The van der Waals surface area contributed by atoms with Crippen LogP contribution in [0.1, 0.15) is 25.7 Å². The number of aliphatic carboxylic acids is 1. The van der Waals surface area contributed by atoms with E-state index in [1.165, 1.54) is 0 Å². The summed E-state index contributed by atoms with van der Waals surface area (Å²) in [4.78, 5) is 24.1. The summed E-state index contributed by atoms with van der Waals surface area (Å²) in [5.74, 6) is -0.783. The second-order valence-corrected chi connectivity index (χ2v) is 4.44. The minimum absolute atomic E-state index is 0.138. The molecule has 5 nitrogen and oxygen atoms in total. The van der Waals surface area contributed by atoms with E-state index in [1.807, 2.05) is 0 Å². The predicted octanol–water partition coefficient (Wildman–Crippen LogP) is 0.653. The summed E-state index contributed by atoms with van der Waals surface area (Å²) in [6, 6.07) is -0.630. The number of carbonyl (C=O) groups excluding carboxylic acids is 1. The second kappa shape index (κ2) is 3.72. The number of nitrogens with one attached hydrogen (secondary N) is 1. The normalized spacial score (nSPS) is 21.9. The van der Waals surface area contributed by atoms with E-state index < -0.39 is 12.0 Å². The summed E-state index contributed by atoms with van der Waals surface area (Å²) in [6.45, 7) is 0. The number of carboxylic acids is 1. The lowest BCUT2D eigenvalue weighted by Crippen LogP contribution is -2.48. The van der Waals surface area contributed by atoms with Crippen LogP contribution >= 0.6 is 0 Å². The number of amides is 2. The Morgan fingerprint density at radius 2 is 1.93 bits per heavy atom. The molecule has 5 heteroatoms. The number of urea groups is 1. The molecular weight excluding hydrogens is 196 g/mol. The maximum absolute atomic E-state index is 11.6. The lowest BCUT2D eigenvalue weighted by Gasteiger charge is -2.20. The smallest absolute Gasteiger partial charge is 0.326 e. The molecule has 2 saturated carbocycles. The molecule has 15 heavy (non-hydrogen) atoms. The topological polar surface area (TPSA) is 69.6 Å². The summed E-state index contributed by atoms with van der Waals surface area (Å²) in [6.07, 6.45) is 3.88. The third-order valence-electron chi connectivity index (χ3n) is 3.05. The van der Waals surface area contributed by atoms with Gasteiger partial charge in [0.15, 0.2) is 0 Å². The van der Waals surface area contributed by atoms with Crippen LogP contribution in [-0.2, 0) is 4.79 Å². The van der Waals surface area contributed by atoms with Crippen molar-refractivity contribution < 1.29 is 14.7 Å². The molecule has 1 atom stereocenters. The third-order valence-corrected chi connectivity index (χ3v) is 3.05. The first kappa shape index (κ1) is 10.3. The van der Waals surface area contributed by atoms with Crippen molar-refractivity contribution in [3.05, 3.63) is 0 Å². The highest BCUT2D eigenvalue weighted by atomic mass is 16.4. The van der Waals surface area contributed by atoms with Crippen LogP contribution in [0.3, 0.4) is 0 Å². The average Bonchev–Trinajstić information content (AvgIpc) is 3.03. The molecule has 0 aromatic heterocycles. The minimum Gasteiger partial charge on any atom is -0.480 e. The van der Waals surface area contributed by atoms with Gasteiger partial charge in [-0.3, -0.25) is 0 Å². The summed E-state index contributed by atoms with van der Waals surface area (Å²) in [5, 5.41) is 11.5. The first-order valence-corrected chi connectivity index (χ1v) is 5.35. The van der Waals surface area contributed by atoms with Crippen molar-refractivity contribution in [2.75, 3.05) is 7.05 Å². The first-order chi connectivity index (χ1) is 7.09. The standard InChI is InChI=1S/C10H16N2O3/c1-12(7-4-5-7)10(15)11-8(9(13)14)6-2-3-6/h6-8H,2-5H2,1H3,(H,11,15)(H,13,14). The molecule has 0 spiro atoms. The van der Waals surface area contributed by atoms with E-state index in [4.69, 9.17) is 5.11 Å². The number of carbonyl (C=O) groups is 2. The molecule has 0 saturated heterocycles. The van der Waals surface area contributed by atoms with Crippen molar-refractivity contribution in [3.63, 3.8) is 0 Å². The fraction of sp³-hybridized carbons (Fsp3) is 0.800. The minimum atomic E-state index is -0.921. The molecule has 2 amide bonds. The predicted molar refractivity (Wildman–Crippen MR) is 53.5 cm³/mol. The summed E-state index contributed by atoms with van der Waals surface area (Å²) in [7, 11) is 1.72. The average molecular weight is 212 g/mol. The summed E-state index contributed by atoms with van der Waals surface area (Å²) in [5.41, 5.74) is 0. The lowest BCUT2D eigenvalue weighted by atomic mass is 10.2. The number of nitrogens with zero attached hydrogens (tertiary/aromatic N) is 1. The van der Waals surface area contributed by atoms with E-state index in [0.717, 1.165) is 25.7 Å². The van der Waals surface area contributed by atoms with Crippen LogP contribution in [0.15, 0.2) is 0 Å². The van der Waals surface area contributed by atoms with E-state index in [0.29, 0.717) is 6.04 Å². The Hall–Kier alpha value is -1.26. The molecule has 0 aromatic rings. The Morgan fingerprint density at radius 1 is 1.33 bits per heavy atom. The van der Waals surface area contributed by atoms with E-state index in [-0.39, 0.29) is 11.9 Å². The molecule has 2 aliphatic rings. The fourth-order valence-electron chi connectivity index (χ4n) is 1.67. The van der Waals surface area contributed by atoms with Gasteiger partial charge in [0, 0.05) is 13.1 Å². The van der Waals surface area contributed by atoms with Gasteiger partial charge in [-0.15, -0.1) is 0 Å². The number of hydrogen-bond acceptors (Lipinski definition) is 2. The van der Waals surface area contributed by atoms with Gasteiger partial charge in [0.25, 0.3) is 0 Å². The second-order valence-electron chi connectivity index (χ2n) is 4.44. The highest BCUT2D eigenvalue weighted by Crippen LogP contribution is 2.33. The molecule has 0 aliphatic heterocycles. The Morgan fingerprint density at radius 3 is 2.33 bits per heavy atom. The van der Waals surface area contributed by atoms with Gasteiger partial charge in [-0.2, -0.15) is 0 Å². The monoisotopic (exact) mass is 212 g/mol. The van der Waals surface area contributed by atoms with Crippen LogP contribution < -0.4 is 5.32 Å². The van der Waals surface area contributed by atoms with Crippen molar-refractivity contribution in [2.45, 2.75) is 37.8 Å². The zero-order valence-corrected chi connectivity index (χ0v) is 8.77. The van der Waals surface area contributed by atoms with E-state index >= 15 is 0 Å². The SMILES string of the molecule is CN(C(=O)NC(C(=O)O)C1CC1)C1CC1. The number of hydrogen-bond donors (Lipinski definition) is 2. The molecule has 2 aliphatic carbocycles. The van der Waals surface area contributed by atoms with E-state index in [2.05, 4.69) is 5.32 Å². The Kier molecular flexibility index (Phi) is 2.54. The quantitative estimate of drug-likeness (QED) is 0.719. The molecule has 0 bridgehead atoms. The lowest BCUT2D eigenvalue weighted by molar-refractivity contribution is -0.139.